The summed E-state index contributed by atoms with van der Waals surface area (Å²) in [6.07, 6.45) is 3.80. The summed E-state index contributed by atoms with van der Waals surface area (Å²) < 4.78 is 2.22. The zero-order chi connectivity index (χ0) is 11.8. The van der Waals surface area contributed by atoms with Crippen molar-refractivity contribution in [3.63, 3.8) is 0 Å². The van der Waals surface area contributed by atoms with Crippen molar-refractivity contribution < 1.29 is 0 Å². The summed E-state index contributed by atoms with van der Waals surface area (Å²) in [6.45, 7) is 4.05. The van der Waals surface area contributed by atoms with E-state index in [1.807, 2.05) is 31.6 Å². The van der Waals surface area contributed by atoms with Crippen molar-refractivity contribution in [2.24, 2.45) is 0 Å². The van der Waals surface area contributed by atoms with Crippen molar-refractivity contribution in [1.29, 1.82) is 0 Å². The lowest BCUT2D eigenvalue weighted by molar-refractivity contribution is 0.346. The van der Waals surface area contributed by atoms with E-state index >= 15 is 0 Å². The Balaban J connectivity index is 2.02. The fraction of sp³-hybridized carbons (Fsp3) is 0.308. The molecule has 0 atom stereocenters. The summed E-state index contributed by atoms with van der Waals surface area (Å²) in [5.74, 6) is 0. The standard InChI is InChI=1S/C13H14ClN3/c1-9-2-3-10(4-12(9)14)13-7-16-8-17(13)11-5-15-6-11/h2-4,7-8,11,15H,5-6H2,1H3. The second-order valence-corrected chi connectivity index (χ2v) is 4.87. The predicted octanol–water partition coefficient (Wildman–Crippen LogP) is 2.66. The smallest absolute Gasteiger partial charge is 0.0954 e. The van der Waals surface area contributed by atoms with Crippen LogP contribution in [0.25, 0.3) is 11.3 Å². The summed E-state index contributed by atoms with van der Waals surface area (Å²) >= 11 is 6.17. The SMILES string of the molecule is Cc1ccc(-c2cncn2C2CNC2)cc1Cl. The number of nitrogens with zero attached hydrogens (tertiary/aromatic N) is 2. The van der Waals surface area contributed by atoms with Crippen molar-refractivity contribution in [1.82, 2.24) is 14.9 Å². The molecular formula is C13H14ClN3. The van der Waals surface area contributed by atoms with Gasteiger partial charge in [0.1, 0.15) is 0 Å². The number of benzene rings is 1. The van der Waals surface area contributed by atoms with Crippen LogP contribution in [-0.4, -0.2) is 22.6 Å². The highest BCUT2D eigenvalue weighted by atomic mass is 35.5. The van der Waals surface area contributed by atoms with Crippen molar-refractivity contribution in [2.45, 2.75) is 13.0 Å². The van der Waals surface area contributed by atoms with Crippen LogP contribution in [0.4, 0.5) is 0 Å². The lowest BCUT2D eigenvalue weighted by Gasteiger charge is -2.29. The van der Waals surface area contributed by atoms with Gasteiger partial charge in [0.15, 0.2) is 0 Å². The van der Waals surface area contributed by atoms with Crippen LogP contribution in [0.1, 0.15) is 11.6 Å². The molecule has 1 aliphatic heterocycles. The quantitative estimate of drug-likeness (QED) is 0.884. The number of imidazole rings is 1. The van der Waals surface area contributed by atoms with Gasteiger partial charge in [0.05, 0.1) is 24.3 Å². The summed E-state index contributed by atoms with van der Waals surface area (Å²) in [6, 6.07) is 6.68. The monoisotopic (exact) mass is 247 g/mol. The maximum Gasteiger partial charge on any atom is 0.0954 e. The molecule has 0 bridgehead atoms. The van der Waals surface area contributed by atoms with Crippen LogP contribution in [-0.2, 0) is 0 Å². The largest absolute Gasteiger partial charge is 0.325 e. The normalized spacial score (nSPS) is 15.9. The number of hydrogen-bond donors (Lipinski definition) is 1. The minimum atomic E-state index is 0.521. The molecule has 1 N–H and O–H groups in total. The van der Waals surface area contributed by atoms with Gasteiger partial charge in [-0.25, -0.2) is 4.98 Å². The fourth-order valence-electron chi connectivity index (χ4n) is 2.04. The Kier molecular flexibility index (Phi) is 2.65. The van der Waals surface area contributed by atoms with Gasteiger partial charge in [0.2, 0.25) is 0 Å². The molecule has 3 nitrogen and oxygen atoms in total. The molecule has 1 fully saturated rings. The van der Waals surface area contributed by atoms with Gasteiger partial charge in [-0.3, -0.25) is 0 Å². The van der Waals surface area contributed by atoms with Crippen molar-refractivity contribution >= 4 is 11.6 Å². The molecule has 2 heterocycles. The molecule has 4 heteroatoms. The van der Waals surface area contributed by atoms with E-state index in [0.29, 0.717) is 6.04 Å². The lowest BCUT2D eigenvalue weighted by atomic mass is 10.1. The Labute approximate surface area is 105 Å². The molecule has 0 saturated carbocycles. The number of aromatic nitrogens is 2. The predicted molar refractivity (Wildman–Crippen MR) is 69.3 cm³/mol. The Morgan fingerprint density at radius 1 is 1.41 bits per heavy atom. The molecule has 0 unspecified atom stereocenters. The second kappa shape index (κ2) is 4.17. The maximum atomic E-state index is 6.17. The van der Waals surface area contributed by atoms with Crippen molar-refractivity contribution in [3.05, 3.63) is 41.3 Å². The summed E-state index contributed by atoms with van der Waals surface area (Å²) in [5, 5.41) is 4.08. The van der Waals surface area contributed by atoms with E-state index in [9.17, 15) is 0 Å². The molecule has 0 spiro atoms. The first-order chi connectivity index (χ1) is 8.25. The molecule has 0 amide bonds. The highest BCUT2D eigenvalue weighted by Crippen LogP contribution is 2.27. The molecule has 3 rings (SSSR count). The third-order valence-corrected chi connectivity index (χ3v) is 3.69. The number of nitrogens with one attached hydrogen (secondary N) is 1. The molecule has 1 saturated heterocycles. The average Bonchev–Trinajstić information content (AvgIpc) is 2.68. The fourth-order valence-corrected chi connectivity index (χ4v) is 2.22. The molecular weight excluding hydrogens is 234 g/mol. The van der Waals surface area contributed by atoms with E-state index in [2.05, 4.69) is 20.9 Å². The maximum absolute atomic E-state index is 6.17. The number of aryl methyl sites for hydroxylation is 1. The highest BCUT2D eigenvalue weighted by molar-refractivity contribution is 6.31. The molecule has 1 aliphatic rings. The van der Waals surface area contributed by atoms with Gasteiger partial charge in [-0.05, 0) is 18.6 Å². The lowest BCUT2D eigenvalue weighted by Crippen LogP contribution is -2.43. The van der Waals surface area contributed by atoms with Gasteiger partial charge in [-0.1, -0.05) is 23.7 Å². The zero-order valence-electron chi connectivity index (χ0n) is 9.65. The topological polar surface area (TPSA) is 29.9 Å². The van der Waals surface area contributed by atoms with Gasteiger partial charge >= 0.3 is 0 Å². The average molecular weight is 248 g/mol. The molecule has 1 aromatic heterocycles. The number of hydrogen-bond acceptors (Lipinski definition) is 2. The molecule has 17 heavy (non-hydrogen) atoms. The molecule has 0 radical (unpaired) electrons. The Morgan fingerprint density at radius 2 is 2.24 bits per heavy atom. The van der Waals surface area contributed by atoms with Gasteiger partial charge in [0.25, 0.3) is 0 Å². The van der Waals surface area contributed by atoms with Crippen molar-refractivity contribution in [3.8, 4) is 11.3 Å². The highest BCUT2D eigenvalue weighted by Gasteiger charge is 2.21. The summed E-state index contributed by atoms with van der Waals surface area (Å²) in [7, 11) is 0. The zero-order valence-corrected chi connectivity index (χ0v) is 10.4. The van der Waals surface area contributed by atoms with Crippen LogP contribution in [0.5, 0.6) is 0 Å². The Bertz CT molecular complexity index is 543. The van der Waals surface area contributed by atoms with Crippen molar-refractivity contribution in [2.75, 3.05) is 13.1 Å². The Hall–Kier alpha value is -1.32. The second-order valence-electron chi connectivity index (χ2n) is 4.46. The number of halogens is 1. The minimum Gasteiger partial charge on any atom is -0.325 e. The van der Waals surface area contributed by atoms with Crippen LogP contribution in [0, 0.1) is 6.92 Å². The third kappa shape index (κ3) is 1.85. The van der Waals surface area contributed by atoms with E-state index in [1.165, 1.54) is 0 Å². The van der Waals surface area contributed by atoms with Crippen LogP contribution < -0.4 is 5.32 Å². The summed E-state index contributed by atoms with van der Waals surface area (Å²) in [5.41, 5.74) is 3.37. The first-order valence-corrected chi connectivity index (χ1v) is 6.12. The van der Waals surface area contributed by atoms with Gasteiger partial charge in [0, 0.05) is 23.7 Å². The van der Waals surface area contributed by atoms with Crippen LogP contribution >= 0.6 is 11.6 Å². The molecule has 2 aromatic rings. The van der Waals surface area contributed by atoms with E-state index in [1.54, 1.807) is 0 Å². The van der Waals surface area contributed by atoms with Gasteiger partial charge in [-0.15, -0.1) is 0 Å². The van der Waals surface area contributed by atoms with E-state index in [-0.39, 0.29) is 0 Å². The summed E-state index contributed by atoms with van der Waals surface area (Å²) in [4.78, 5) is 4.25. The Morgan fingerprint density at radius 3 is 2.88 bits per heavy atom. The third-order valence-electron chi connectivity index (χ3n) is 3.29. The van der Waals surface area contributed by atoms with Gasteiger partial charge in [-0.2, -0.15) is 0 Å². The molecule has 1 aromatic carbocycles. The van der Waals surface area contributed by atoms with E-state index in [4.69, 9.17) is 11.6 Å². The van der Waals surface area contributed by atoms with E-state index in [0.717, 1.165) is 34.9 Å². The van der Waals surface area contributed by atoms with Gasteiger partial charge < -0.3 is 9.88 Å². The van der Waals surface area contributed by atoms with E-state index < -0.39 is 0 Å². The first kappa shape index (κ1) is 10.8. The first-order valence-electron chi connectivity index (χ1n) is 5.75. The van der Waals surface area contributed by atoms with Crippen LogP contribution in [0.2, 0.25) is 5.02 Å². The minimum absolute atomic E-state index is 0.521. The van der Waals surface area contributed by atoms with Crippen LogP contribution in [0.3, 0.4) is 0 Å². The van der Waals surface area contributed by atoms with Crippen LogP contribution in [0.15, 0.2) is 30.7 Å². The number of rotatable bonds is 2. The molecule has 88 valence electrons. The molecule has 0 aliphatic carbocycles.